The molecular formula is C15H18N2O3. The van der Waals surface area contributed by atoms with Crippen LogP contribution in [0, 0.1) is 18.8 Å². The molecule has 0 saturated heterocycles. The van der Waals surface area contributed by atoms with Gasteiger partial charge < -0.3 is 15.8 Å². The molecule has 0 aliphatic rings. The van der Waals surface area contributed by atoms with Gasteiger partial charge in [-0.05, 0) is 31.5 Å². The van der Waals surface area contributed by atoms with Crippen LogP contribution in [0.1, 0.15) is 28.4 Å². The van der Waals surface area contributed by atoms with Gasteiger partial charge in [0.2, 0.25) is 0 Å². The second kappa shape index (κ2) is 7.97. The summed E-state index contributed by atoms with van der Waals surface area (Å²) < 4.78 is 4.73. The highest BCUT2D eigenvalue weighted by atomic mass is 16.5. The van der Waals surface area contributed by atoms with Crippen molar-refractivity contribution < 1.29 is 14.3 Å². The number of nitrogens with two attached hydrogens (primary N) is 1. The molecule has 0 atom stereocenters. The van der Waals surface area contributed by atoms with Crippen molar-refractivity contribution in [2.24, 2.45) is 5.73 Å². The molecule has 0 aliphatic heterocycles. The molecule has 20 heavy (non-hydrogen) atoms. The Hall–Kier alpha value is -2.32. The van der Waals surface area contributed by atoms with Crippen LogP contribution in [0.4, 0.5) is 0 Å². The van der Waals surface area contributed by atoms with Crippen molar-refractivity contribution in [2.75, 3.05) is 19.7 Å². The minimum absolute atomic E-state index is 0.148. The van der Waals surface area contributed by atoms with E-state index < -0.39 is 5.97 Å². The standard InChI is InChI=1S/C15H18N2O3/c1-3-20-14(18)10-17-15(19)13-7-6-11(2)12(9-13)5-4-8-16/h6-7,9H,3,8,10,16H2,1-2H3,(H,17,19). The van der Waals surface area contributed by atoms with Crippen LogP contribution in [0.15, 0.2) is 18.2 Å². The van der Waals surface area contributed by atoms with Crippen LogP contribution < -0.4 is 11.1 Å². The number of hydrogen-bond acceptors (Lipinski definition) is 4. The molecule has 5 heteroatoms. The van der Waals surface area contributed by atoms with E-state index in [0.717, 1.165) is 11.1 Å². The number of carbonyl (C=O) groups excluding carboxylic acids is 2. The first-order chi connectivity index (χ1) is 9.58. The maximum absolute atomic E-state index is 11.9. The molecule has 3 N–H and O–H groups in total. The number of benzene rings is 1. The Bertz CT molecular complexity index is 556. The molecule has 1 amide bonds. The van der Waals surface area contributed by atoms with Crippen molar-refractivity contribution in [3.63, 3.8) is 0 Å². The van der Waals surface area contributed by atoms with Gasteiger partial charge in [-0.15, -0.1) is 0 Å². The third kappa shape index (κ3) is 4.75. The van der Waals surface area contributed by atoms with Crippen molar-refractivity contribution >= 4 is 11.9 Å². The Morgan fingerprint density at radius 2 is 2.15 bits per heavy atom. The number of amides is 1. The van der Waals surface area contributed by atoms with E-state index in [-0.39, 0.29) is 25.6 Å². The lowest BCUT2D eigenvalue weighted by Gasteiger charge is -2.06. The largest absolute Gasteiger partial charge is 0.465 e. The quantitative estimate of drug-likeness (QED) is 0.622. The van der Waals surface area contributed by atoms with E-state index in [0.29, 0.717) is 5.56 Å². The predicted molar refractivity (Wildman–Crippen MR) is 76.1 cm³/mol. The smallest absolute Gasteiger partial charge is 0.325 e. The lowest BCUT2D eigenvalue weighted by atomic mass is 10.0. The average molecular weight is 274 g/mol. The third-order valence-electron chi connectivity index (χ3n) is 2.52. The first-order valence-electron chi connectivity index (χ1n) is 6.32. The average Bonchev–Trinajstić information content (AvgIpc) is 2.44. The summed E-state index contributed by atoms with van der Waals surface area (Å²) in [6.45, 7) is 4.02. The molecule has 0 radical (unpaired) electrons. The van der Waals surface area contributed by atoms with Gasteiger partial charge in [-0.25, -0.2) is 0 Å². The predicted octanol–water partition coefficient (Wildman–Crippen LogP) is 0.598. The zero-order valence-electron chi connectivity index (χ0n) is 11.7. The normalized spacial score (nSPS) is 9.35. The summed E-state index contributed by atoms with van der Waals surface area (Å²) in [5.41, 5.74) is 7.49. The molecule has 0 fully saturated rings. The van der Waals surface area contributed by atoms with Crippen LogP contribution in [0.3, 0.4) is 0 Å². The van der Waals surface area contributed by atoms with Crippen LogP contribution in [0.2, 0.25) is 0 Å². The molecule has 1 aromatic rings. The molecule has 0 unspecified atom stereocenters. The minimum Gasteiger partial charge on any atom is -0.465 e. The number of hydrogen-bond donors (Lipinski definition) is 2. The molecule has 0 aromatic heterocycles. The summed E-state index contributed by atoms with van der Waals surface area (Å²) in [4.78, 5) is 23.1. The van der Waals surface area contributed by atoms with Crippen molar-refractivity contribution in [1.82, 2.24) is 5.32 Å². The molecule has 1 aromatic carbocycles. The Balaban J connectivity index is 2.76. The fourth-order valence-corrected chi connectivity index (χ4v) is 1.51. The number of esters is 1. The number of nitrogens with one attached hydrogen (secondary N) is 1. The molecule has 0 saturated carbocycles. The summed E-state index contributed by atoms with van der Waals surface area (Å²) in [6, 6.07) is 5.17. The van der Waals surface area contributed by atoms with Crippen LogP contribution in [-0.2, 0) is 9.53 Å². The van der Waals surface area contributed by atoms with Gasteiger partial charge in [-0.3, -0.25) is 9.59 Å². The van der Waals surface area contributed by atoms with Gasteiger partial charge >= 0.3 is 5.97 Å². The lowest BCUT2D eigenvalue weighted by Crippen LogP contribution is -2.30. The fraction of sp³-hybridized carbons (Fsp3) is 0.333. The number of ether oxygens (including phenoxy) is 1. The van der Waals surface area contributed by atoms with E-state index in [1.54, 1.807) is 25.1 Å². The Labute approximate surface area is 118 Å². The number of carbonyl (C=O) groups is 2. The SMILES string of the molecule is CCOC(=O)CNC(=O)c1ccc(C)c(C#CCN)c1. The van der Waals surface area contributed by atoms with Gasteiger partial charge in [-0.2, -0.15) is 0 Å². The van der Waals surface area contributed by atoms with E-state index in [1.165, 1.54) is 0 Å². The molecule has 5 nitrogen and oxygen atoms in total. The summed E-state index contributed by atoms with van der Waals surface area (Å²) in [5, 5.41) is 2.50. The van der Waals surface area contributed by atoms with Crippen LogP contribution >= 0.6 is 0 Å². The van der Waals surface area contributed by atoms with Crippen LogP contribution in [-0.4, -0.2) is 31.6 Å². The van der Waals surface area contributed by atoms with Gasteiger partial charge in [0.25, 0.3) is 5.91 Å². The topological polar surface area (TPSA) is 81.4 Å². The van der Waals surface area contributed by atoms with Crippen molar-refractivity contribution in [3.05, 3.63) is 34.9 Å². The molecule has 1 rings (SSSR count). The highest BCUT2D eigenvalue weighted by Crippen LogP contribution is 2.10. The summed E-state index contributed by atoms with van der Waals surface area (Å²) >= 11 is 0. The first-order valence-corrected chi connectivity index (χ1v) is 6.32. The maximum Gasteiger partial charge on any atom is 0.325 e. The molecule has 0 bridgehead atoms. The maximum atomic E-state index is 11.9. The van der Waals surface area contributed by atoms with Gasteiger partial charge in [-0.1, -0.05) is 17.9 Å². The second-order valence-electron chi connectivity index (χ2n) is 4.02. The van der Waals surface area contributed by atoms with Gasteiger partial charge in [0.05, 0.1) is 13.2 Å². The summed E-state index contributed by atoms with van der Waals surface area (Å²) in [7, 11) is 0. The Kier molecular flexibility index (Phi) is 6.27. The second-order valence-corrected chi connectivity index (χ2v) is 4.02. The lowest BCUT2D eigenvalue weighted by molar-refractivity contribution is -0.141. The van der Waals surface area contributed by atoms with Crippen molar-refractivity contribution in [1.29, 1.82) is 0 Å². The van der Waals surface area contributed by atoms with E-state index in [4.69, 9.17) is 10.5 Å². The van der Waals surface area contributed by atoms with Gasteiger partial charge in [0, 0.05) is 11.1 Å². The molecular weight excluding hydrogens is 256 g/mol. The third-order valence-corrected chi connectivity index (χ3v) is 2.52. The number of rotatable bonds is 4. The summed E-state index contributed by atoms with van der Waals surface area (Å²) in [5.74, 6) is 4.86. The van der Waals surface area contributed by atoms with Crippen molar-refractivity contribution in [2.45, 2.75) is 13.8 Å². The highest BCUT2D eigenvalue weighted by molar-refractivity contribution is 5.96. The minimum atomic E-state index is -0.462. The first kappa shape index (κ1) is 15.7. The Morgan fingerprint density at radius 3 is 2.80 bits per heavy atom. The summed E-state index contributed by atoms with van der Waals surface area (Å²) in [6.07, 6.45) is 0. The van der Waals surface area contributed by atoms with Crippen molar-refractivity contribution in [3.8, 4) is 11.8 Å². The number of aryl methyl sites for hydroxylation is 1. The zero-order valence-corrected chi connectivity index (χ0v) is 11.7. The van der Waals surface area contributed by atoms with E-state index in [1.807, 2.05) is 6.92 Å². The molecule has 106 valence electrons. The molecule has 0 aliphatic carbocycles. The van der Waals surface area contributed by atoms with Gasteiger partial charge in [0.1, 0.15) is 6.54 Å². The molecule has 0 heterocycles. The van der Waals surface area contributed by atoms with E-state index in [9.17, 15) is 9.59 Å². The monoisotopic (exact) mass is 274 g/mol. The van der Waals surface area contributed by atoms with Gasteiger partial charge in [0.15, 0.2) is 0 Å². The zero-order chi connectivity index (χ0) is 15.0. The molecule has 0 spiro atoms. The highest BCUT2D eigenvalue weighted by Gasteiger charge is 2.09. The van der Waals surface area contributed by atoms with E-state index in [2.05, 4.69) is 17.2 Å². The van der Waals surface area contributed by atoms with E-state index >= 15 is 0 Å². The fourth-order valence-electron chi connectivity index (χ4n) is 1.51. The Morgan fingerprint density at radius 1 is 1.40 bits per heavy atom. The van der Waals surface area contributed by atoms with Crippen LogP contribution in [0.25, 0.3) is 0 Å². The van der Waals surface area contributed by atoms with Crippen LogP contribution in [0.5, 0.6) is 0 Å².